The van der Waals surface area contributed by atoms with Crippen LogP contribution in [0.15, 0.2) is 0 Å². The number of piperidine rings is 1. The van der Waals surface area contributed by atoms with Gasteiger partial charge in [0.1, 0.15) is 6.04 Å². The summed E-state index contributed by atoms with van der Waals surface area (Å²) in [5.41, 5.74) is 0.230. The molecule has 1 aliphatic carbocycles. The van der Waals surface area contributed by atoms with E-state index in [2.05, 4.69) is 0 Å². The molecule has 0 aromatic carbocycles. The van der Waals surface area contributed by atoms with E-state index < -0.39 is 24.6 Å². The van der Waals surface area contributed by atoms with Gasteiger partial charge in [-0.2, -0.15) is 13.2 Å². The van der Waals surface area contributed by atoms with Gasteiger partial charge in [-0.05, 0) is 44.2 Å². The smallest absolute Gasteiger partial charge is 0.404 e. The summed E-state index contributed by atoms with van der Waals surface area (Å²) in [4.78, 5) is 12.0. The summed E-state index contributed by atoms with van der Waals surface area (Å²) in [6.45, 7) is 0.745. The van der Waals surface area contributed by atoms with Crippen molar-refractivity contribution in [2.75, 3.05) is 13.1 Å². The number of hydrogen-bond acceptors (Lipinski definition) is 2. The monoisotopic (exact) mass is 293 g/mol. The van der Waals surface area contributed by atoms with Crippen LogP contribution < -0.4 is 0 Å². The zero-order valence-corrected chi connectivity index (χ0v) is 11.6. The number of carboxylic acids is 1. The summed E-state index contributed by atoms with van der Waals surface area (Å²) >= 11 is 0. The highest BCUT2D eigenvalue weighted by molar-refractivity contribution is 5.67. The number of carboxylic acid groups (broad SMARTS) is 1. The third-order valence-corrected chi connectivity index (χ3v) is 4.96. The summed E-state index contributed by atoms with van der Waals surface area (Å²) in [7, 11) is 0. The van der Waals surface area contributed by atoms with Gasteiger partial charge in [-0.15, -0.1) is 0 Å². The maximum absolute atomic E-state index is 13.0. The van der Waals surface area contributed by atoms with Crippen LogP contribution in [0.25, 0.3) is 0 Å². The first-order chi connectivity index (χ1) is 9.32. The van der Waals surface area contributed by atoms with Crippen molar-refractivity contribution in [2.45, 2.75) is 63.6 Å². The van der Waals surface area contributed by atoms with Gasteiger partial charge in [-0.3, -0.25) is 9.69 Å². The summed E-state index contributed by atoms with van der Waals surface area (Å²) in [5, 5.41) is 8.69. The van der Waals surface area contributed by atoms with Crippen molar-refractivity contribution >= 4 is 5.97 Å². The van der Waals surface area contributed by atoms with Gasteiger partial charge in [0.2, 0.25) is 0 Å². The van der Waals surface area contributed by atoms with Crippen LogP contribution in [-0.2, 0) is 4.79 Å². The topological polar surface area (TPSA) is 40.5 Å². The normalized spacial score (nSPS) is 25.6. The van der Waals surface area contributed by atoms with Gasteiger partial charge in [0, 0.05) is 0 Å². The Morgan fingerprint density at radius 2 is 1.65 bits per heavy atom. The molecule has 1 saturated carbocycles. The van der Waals surface area contributed by atoms with Crippen molar-refractivity contribution in [1.29, 1.82) is 0 Å². The summed E-state index contributed by atoms with van der Waals surface area (Å²) < 4.78 is 39.0. The third kappa shape index (κ3) is 3.65. The average Bonchev–Trinajstić information content (AvgIpc) is 2.37. The van der Waals surface area contributed by atoms with E-state index >= 15 is 0 Å². The lowest BCUT2D eigenvalue weighted by molar-refractivity contribution is -0.195. The molecule has 1 spiro atoms. The molecule has 1 saturated heterocycles. The van der Waals surface area contributed by atoms with E-state index in [0.29, 0.717) is 13.1 Å². The lowest BCUT2D eigenvalue weighted by Crippen LogP contribution is -2.52. The zero-order valence-electron chi connectivity index (χ0n) is 11.6. The van der Waals surface area contributed by atoms with Gasteiger partial charge in [0.25, 0.3) is 0 Å². The Bertz CT molecular complexity index is 341. The molecule has 1 unspecified atom stereocenters. The Morgan fingerprint density at radius 3 is 2.10 bits per heavy atom. The van der Waals surface area contributed by atoms with Crippen LogP contribution in [0.1, 0.15) is 51.4 Å². The summed E-state index contributed by atoms with van der Waals surface area (Å²) in [5.74, 6) is -1.38. The van der Waals surface area contributed by atoms with Crippen LogP contribution in [0, 0.1) is 5.41 Å². The van der Waals surface area contributed by atoms with Gasteiger partial charge in [-0.25, -0.2) is 0 Å². The number of aliphatic carboxylic acids is 1. The number of rotatable bonds is 3. The maximum atomic E-state index is 13.0. The quantitative estimate of drug-likeness (QED) is 0.866. The minimum absolute atomic E-state index is 0.230. The Hall–Kier alpha value is -0.780. The molecular weight excluding hydrogens is 271 g/mol. The molecule has 1 N–H and O–H groups in total. The molecule has 1 aliphatic heterocycles. The van der Waals surface area contributed by atoms with Gasteiger partial charge < -0.3 is 5.11 Å². The first kappa shape index (κ1) is 15.6. The Kier molecular flexibility index (Phi) is 4.62. The first-order valence-electron chi connectivity index (χ1n) is 7.35. The van der Waals surface area contributed by atoms with Crippen LogP contribution in [0.5, 0.6) is 0 Å². The van der Waals surface area contributed by atoms with E-state index in [9.17, 15) is 18.0 Å². The van der Waals surface area contributed by atoms with Crippen LogP contribution in [0.3, 0.4) is 0 Å². The molecule has 2 rings (SSSR count). The van der Waals surface area contributed by atoms with E-state index in [1.807, 2.05) is 0 Å². The molecule has 2 aliphatic rings. The molecule has 1 atom stereocenters. The fourth-order valence-electron chi connectivity index (χ4n) is 3.73. The summed E-state index contributed by atoms with van der Waals surface area (Å²) in [6, 6.07) is -1.83. The predicted octanol–water partition coefficient (Wildman–Crippen LogP) is 3.44. The van der Waals surface area contributed by atoms with Crippen LogP contribution in [-0.4, -0.2) is 41.3 Å². The molecule has 3 nitrogen and oxygen atoms in total. The second-order valence-corrected chi connectivity index (χ2v) is 6.25. The van der Waals surface area contributed by atoms with E-state index in [4.69, 9.17) is 5.11 Å². The molecule has 0 radical (unpaired) electrons. The van der Waals surface area contributed by atoms with Crippen LogP contribution >= 0.6 is 0 Å². The second kappa shape index (κ2) is 5.92. The Balaban J connectivity index is 1.98. The van der Waals surface area contributed by atoms with E-state index in [-0.39, 0.29) is 5.41 Å². The lowest BCUT2D eigenvalue weighted by Gasteiger charge is -2.46. The van der Waals surface area contributed by atoms with E-state index in [1.165, 1.54) is 24.2 Å². The van der Waals surface area contributed by atoms with Crippen molar-refractivity contribution in [3.8, 4) is 0 Å². The van der Waals surface area contributed by atoms with Crippen molar-refractivity contribution in [2.24, 2.45) is 5.41 Å². The number of alkyl halides is 3. The fourth-order valence-corrected chi connectivity index (χ4v) is 3.73. The highest BCUT2D eigenvalue weighted by atomic mass is 19.4. The second-order valence-electron chi connectivity index (χ2n) is 6.25. The summed E-state index contributed by atoms with van der Waals surface area (Å²) in [6.07, 6.45) is 2.07. The van der Waals surface area contributed by atoms with Crippen molar-refractivity contribution < 1.29 is 23.1 Å². The Morgan fingerprint density at radius 1 is 1.10 bits per heavy atom. The highest BCUT2D eigenvalue weighted by Gasteiger charge is 2.47. The van der Waals surface area contributed by atoms with Gasteiger partial charge in [-0.1, -0.05) is 19.3 Å². The Labute approximate surface area is 117 Å². The zero-order chi connectivity index (χ0) is 14.8. The molecule has 2 fully saturated rings. The molecule has 116 valence electrons. The molecule has 0 amide bonds. The molecule has 6 heteroatoms. The molecule has 0 bridgehead atoms. The number of hydrogen-bond donors (Lipinski definition) is 1. The predicted molar refractivity (Wildman–Crippen MR) is 68.4 cm³/mol. The average molecular weight is 293 g/mol. The molecule has 1 heterocycles. The first-order valence-corrected chi connectivity index (χ1v) is 7.35. The molecule has 0 aromatic heterocycles. The number of nitrogens with zero attached hydrogens (tertiary/aromatic N) is 1. The SMILES string of the molecule is O=C(O)CC(N1CCC2(CCCCC2)CC1)C(F)(F)F. The fraction of sp³-hybridized carbons (Fsp3) is 0.929. The molecule has 20 heavy (non-hydrogen) atoms. The van der Waals surface area contributed by atoms with Gasteiger partial charge in [0.05, 0.1) is 6.42 Å². The largest absolute Gasteiger partial charge is 0.481 e. The van der Waals surface area contributed by atoms with Crippen molar-refractivity contribution in [3.63, 3.8) is 0 Å². The standard InChI is InChI=1S/C14H22F3NO2/c15-14(16,17)11(10-12(19)20)18-8-6-13(7-9-18)4-2-1-3-5-13/h11H,1-10H2,(H,19,20). The number of halogens is 3. The van der Waals surface area contributed by atoms with E-state index in [1.54, 1.807) is 0 Å². The van der Waals surface area contributed by atoms with Gasteiger partial charge >= 0.3 is 12.1 Å². The van der Waals surface area contributed by atoms with Crippen LogP contribution in [0.4, 0.5) is 13.2 Å². The third-order valence-electron chi connectivity index (χ3n) is 4.96. The molecular formula is C14H22F3NO2. The van der Waals surface area contributed by atoms with E-state index in [0.717, 1.165) is 25.7 Å². The van der Waals surface area contributed by atoms with Crippen molar-refractivity contribution in [1.82, 2.24) is 4.90 Å². The van der Waals surface area contributed by atoms with Gasteiger partial charge in [0.15, 0.2) is 0 Å². The van der Waals surface area contributed by atoms with Crippen molar-refractivity contribution in [3.05, 3.63) is 0 Å². The van der Waals surface area contributed by atoms with Crippen LogP contribution in [0.2, 0.25) is 0 Å². The minimum Gasteiger partial charge on any atom is -0.481 e. The lowest BCUT2D eigenvalue weighted by atomic mass is 9.68. The maximum Gasteiger partial charge on any atom is 0.404 e. The number of likely N-dealkylation sites (tertiary alicyclic amines) is 1. The molecule has 0 aromatic rings. The highest BCUT2D eigenvalue weighted by Crippen LogP contribution is 2.45. The number of carbonyl (C=O) groups is 1. The minimum atomic E-state index is -4.46.